The van der Waals surface area contributed by atoms with Crippen molar-refractivity contribution in [1.82, 2.24) is 9.97 Å². The first-order valence-corrected chi connectivity index (χ1v) is 6.40. The third-order valence-electron chi connectivity index (χ3n) is 2.74. The summed E-state index contributed by atoms with van der Waals surface area (Å²) in [5, 5.41) is 0.316. The number of anilines is 1. The normalized spacial score (nSPS) is 20.1. The van der Waals surface area contributed by atoms with E-state index in [4.69, 9.17) is 17.3 Å². The average molecular weight is 320 g/mol. The lowest BCUT2D eigenvalue weighted by molar-refractivity contribution is -0.117. The first-order valence-electron chi connectivity index (χ1n) is 5.23. The number of hydrogen-bond acceptors (Lipinski definition) is 4. The van der Waals surface area contributed by atoms with Gasteiger partial charge in [-0.2, -0.15) is 4.98 Å². The monoisotopic (exact) mass is 318 g/mol. The lowest BCUT2D eigenvalue weighted by Crippen LogP contribution is -2.28. The molecular weight excluding hydrogens is 307 g/mol. The van der Waals surface area contributed by atoms with Crippen LogP contribution in [0, 0.1) is 12.8 Å². The fourth-order valence-electron chi connectivity index (χ4n) is 1.76. The highest BCUT2D eigenvalue weighted by atomic mass is 79.9. The van der Waals surface area contributed by atoms with Gasteiger partial charge in [0.1, 0.15) is 5.15 Å². The second-order valence-corrected chi connectivity index (χ2v) is 5.18. The lowest BCUT2D eigenvalue weighted by atomic mass is 10.1. The van der Waals surface area contributed by atoms with Crippen LogP contribution in [0.5, 0.6) is 0 Å². The molecule has 0 radical (unpaired) electrons. The van der Waals surface area contributed by atoms with Crippen molar-refractivity contribution in [2.24, 2.45) is 11.7 Å². The third kappa shape index (κ3) is 2.43. The molecule has 7 heteroatoms. The van der Waals surface area contributed by atoms with E-state index in [1.165, 1.54) is 0 Å². The van der Waals surface area contributed by atoms with E-state index >= 15 is 0 Å². The van der Waals surface area contributed by atoms with Crippen molar-refractivity contribution in [3.63, 3.8) is 0 Å². The van der Waals surface area contributed by atoms with Gasteiger partial charge in [0.2, 0.25) is 11.9 Å². The van der Waals surface area contributed by atoms with Gasteiger partial charge in [0, 0.05) is 13.0 Å². The van der Waals surface area contributed by atoms with Gasteiger partial charge in [0.15, 0.2) is 0 Å². The summed E-state index contributed by atoms with van der Waals surface area (Å²) in [6.45, 7) is 2.86. The molecule has 0 aromatic carbocycles. The van der Waals surface area contributed by atoms with E-state index < -0.39 is 0 Å². The molecule has 5 nitrogen and oxygen atoms in total. The molecule has 1 fully saturated rings. The first kappa shape index (κ1) is 12.7. The van der Waals surface area contributed by atoms with Crippen LogP contribution in [-0.4, -0.2) is 29.0 Å². The zero-order chi connectivity index (χ0) is 12.6. The molecule has 1 amide bonds. The van der Waals surface area contributed by atoms with Crippen LogP contribution in [0.1, 0.15) is 12.1 Å². The van der Waals surface area contributed by atoms with Crippen LogP contribution >= 0.6 is 27.5 Å². The van der Waals surface area contributed by atoms with Crippen LogP contribution in [0.3, 0.4) is 0 Å². The number of halogens is 2. The van der Waals surface area contributed by atoms with E-state index in [1.807, 2.05) is 6.92 Å². The van der Waals surface area contributed by atoms with Crippen molar-refractivity contribution in [3.05, 3.63) is 15.3 Å². The average Bonchev–Trinajstić information content (AvgIpc) is 2.67. The van der Waals surface area contributed by atoms with Crippen LogP contribution in [0.15, 0.2) is 4.47 Å². The zero-order valence-corrected chi connectivity index (χ0v) is 11.6. The number of aryl methyl sites for hydroxylation is 1. The largest absolute Gasteiger partial charge is 0.330 e. The molecule has 1 saturated heterocycles. The fourth-order valence-corrected chi connectivity index (χ4v) is 2.15. The van der Waals surface area contributed by atoms with E-state index in [9.17, 15) is 4.79 Å². The van der Waals surface area contributed by atoms with Crippen molar-refractivity contribution < 1.29 is 4.79 Å². The Morgan fingerprint density at radius 1 is 1.59 bits per heavy atom. The highest BCUT2D eigenvalue weighted by Gasteiger charge is 2.31. The molecule has 2 rings (SSSR count). The number of nitrogens with zero attached hydrogens (tertiary/aromatic N) is 3. The second kappa shape index (κ2) is 4.88. The number of carbonyl (C=O) groups is 1. The van der Waals surface area contributed by atoms with Gasteiger partial charge >= 0.3 is 0 Å². The number of nitrogens with two attached hydrogens (primary N) is 1. The maximum absolute atomic E-state index is 11.8. The minimum absolute atomic E-state index is 0.00163. The molecule has 1 aromatic rings. The molecule has 0 aliphatic carbocycles. The first-order chi connectivity index (χ1) is 8.02. The molecule has 1 atom stereocenters. The quantitative estimate of drug-likeness (QED) is 0.839. The Balaban J connectivity index is 2.32. The number of aromatic nitrogens is 2. The molecule has 1 aromatic heterocycles. The summed E-state index contributed by atoms with van der Waals surface area (Å²) < 4.78 is 0.657. The van der Waals surface area contributed by atoms with Crippen LogP contribution in [0.25, 0.3) is 0 Å². The summed E-state index contributed by atoms with van der Waals surface area (Å²) in [6.07, 6.45) is 0.451. The molecule has 1 aliphatic rings. The SMILES string of the molecule is Cc1nc(N2CC(CN)CC2=O)nc(Cl)c1Br. The van der Waals surface area contributed by atoms with Crippen molar-refractivity contribution in [1.29, 1.82) is 0 Å². The molecule has 1 unspecified atom stereocenters. The standard InChI is InChI=1S/C10H12BrClN4O/c1-5-8(11)9(12)15-10(14-5)16-4-6(3-13)2-7(16)17/h6H,2-4,13H2,1H3. The van der Waals surface area contributed by atoms with E-state index in [-0.39, 0.29) is 11.8 Å². The van der Waals surface area contributed by atoms with Gasteiger partial charge in [0.25, 0.3) is 0 Å². The second-order valence-electron chi connectivity index (χ2n) is 4.02. The Hall–Kier alpha value is -0.720. The summed E-state index contributed by atoms with van der Waals surface area (Å²) >= 11 is 9.24. The highest BCUT2D eigenvalue weighted by Crippen LogP contribution is 2.28. The summed E-state index contributed by atoms with van der Waals surface area (Å²) in [7, 11) is 0. The molecule has 92 valence electrons. The molecular formula is C10H12BrClN4O. The Bertz CT molecular complexity index is 445. The van der Waals surface area contributed by atoms with Crippen LogP contribution in [0.2, 0.25) is 5.15 Å². The summed E-state index contributed by atoms with van der Waals surface area (Å²) in [4.78, 5) is 21.7. The van der Waals surface area contributed by atoms with E-state index in [0.29, 0.717) is 40.8 Å². The molecule has 1 aliphatic heterocycles. The lowest BCUT2D eigenvalue weighted by Gasteiger charge is -2.15. The maximum atomic E-state index is 11.8. The van der Waals surface area contributed by atoms with E-state index in [2.05, 4.69) is 25.9 Å². The maximum Gasteiger partial charge on any atom is 0.233 e. The van der Waals surface area contributed by atoms with Crippen molar-refractivity contribution >= 4 is 39.4 Å². The topological polar surface area (TPSA) is 72.1 Å². The number of hydrogen-bond donors (Lipinski definition) is 1. The summed E-state index contributed by atoms with van der Waals surface area (Å²) in [5.74, 6) is 0.531. The summed E-state index contributed by atoms with van der Waals surface area (Å²) in [5.41, 5.74) is 6.28. The van der Waals surface area contributed by atoms with Gasteiger partial charge in [-0.15, -0.1) is 0 Å². The highest BCUT2D eigenvalue weighted by molar-refractivity contribution is 9.10. The number of amides is 1. The smallest absolute Gasteiger partial charge is 0.233 e. The van der Waals surface area contributed by atoms with E-state index in [1.54, 1.807) is 4.90 Å². The van der Waals surface area contributed by atoms with Crippen LogP contribution in [0.4, 0.5) is 5.95 Å². The van der Waals surface area contributed by atoms with Crippen molar-refractivity contribution in [3.8, 4) is 0 Å². The Kier molecular flexibility index (Phi) is 3.65. The van der Waals surface area contributed by atoms with Gasteiger partial charge in [-0.25, -0.2) is 4.98 Å². The predicted molar refractivity (Wildman–Crippen MR) is 69.0 cm³/mol. The fraction of sp³-hybridized carbons (Fsp3) is 0.500. The van der Waals surface area contributed by atoms with Gasteiger partial charge in [0.05, 0.1) is 10.2 Å². The van der Waals surface area contributed by atoms with Gasteiger partial charge in [-0.3, -0.25) is 9.69 Å². The zero-order valence-electron chi connectivity index (χ0n) is 9.28. The Morgan fingerprint density at radius 2 is 2.29 bits per heavy atom. The van der Waals surface area contributed by atoms with Gasteiger partial charge < -0.3 is 5.73 Å². The molecule has 17 heavy (non-hydrogen) atoms. The molecule has 0 spiro atoms. The minimum atomic E-state index is -0.00163. The molecule has 0 saturated carbocycles. The predicted octanol–water partition coefficient (Wildman–Crippen LogP) is 1.51. The molecule has 2 heterocycles. The Morgan fingerprint density at radius 3 is 2.82 bits per heavy atom. The molecule has 2 N–H and O–H groups in total. The van der Waals surface area contributed by atoms with Gasteiger partial charge in [-0.05, 0) is 35.3 Å². The minimum Gasteiger partial charge on any atom is -0.330 e. The van der Waals surface area contributed by atoms with Crippen molar-refractivity contribution in [2.75, 3.05) is 18.0 Å². The van der Waals surface area contributed by atoms with Crippen LogP contribution in [-0.2, 0) is 4.79 Å². The van der Waals surface area contributed by atoms with Crippen LogP contribution < -0.4 is 10.6 Å². The summed E-state index contributed by atoms with van der Waals surface area (Å²) in [6, 6.07) is 0. The number of carbonyl (C=O) groups excluding carboxylic acids is 1. The number of rotatable bonds is 2. The van der Waals surface area contributed by atoms with Crippen molar-refractivity contribution in [2.45, 2.75) is 13.3 Å². The van der Waals surface area contributed by atoms with E-state index in [0.717, 1.165) is 0 Å². The molecule has 0 bridgehead atoms. The Labute approximate surface area is 112 Å². The third-order valence-corrected chi connectivity index (χ3v) is 4.20. The van der Waals surface area contributed by atoms with Gasteiger partial charge in [-0.1, -0.05) is 11.6 Å².